The second kappa shape index (κ2) is 8.74. The average Bonchev–Trinajstić information content (AvgIpc) is 2.53. The molecule has 0 heterocycles. The highest BCUT2D eigenvalue weighted by Gasteiger charge is 2.09. The molecule has 0 radical (unpaired) electrons. The Labute approximate surface area is 156 Å². The van der Waals surface area contributed by atoms with Gasteiger partial charge in [0, 0.05) is 10.0 Å². The summed E-state index contributed by atoms with van der Waals surface area (Å²) < 4.78 is 5.41. The van der Waals surface area contributed by atoms with E-state index >= 15 is 0 Å². The van der Waals surface area contributed by atoms with E-state index in [9.17, 15) is 9.59 Å². The number of hydrazine groups is 1. The van der Waals surface area contributed by atoms with E-state index in [4.69, 9.17) is 27.9 Å². The summed E-state index contributed by atoms with van der Waals surface area (Å²) in [6, 6.07) is 10.5. The highest BCUT2D eigenvalue weighted by atomic mass is 35.5. The van der Waals surface area contributed by atoms with Crippen LogP contribution in [0.2, 0.25) is 10.0 Å². The molecule has 25 heavy (non-hydrogen) atoms. The zero-order valence-electron chi connectivity index (χ0n) is 13.9. The van der Waals surface area contributed by atoms with Crippen LogP contribution in [-0.2, 0) is 16.0 Å². The largest absolute Gasteiger partial charge is 0.484 e. The third-order valence-electron chi connectivity index (χ3n) is 3.27. The lowest BCUT2D eigenvalue weighted by Crippen LogP contribution is -2.44. The maximum absolute atomic E-state index is 11.9. The van der Waals surface area contributed by atoms with Gasteiger partial charge in [0.05, 0.1) is 6.42 Å². The maximum atomic E-state index is 11.9. The molecule has 0 saturated carbocycles. The molecule has 2 aromatic rings. The lowest BCUT2D eigenvalue weighted by molar-refractivity contribution is -0.129. The predicted octanol–water partition coefficient (Wildman–Crippen LogP) is 3.38. The first-order valence-corrected chi connectivity index (χ1v) is 8.32. The monoisotopic (exact) mass is 380 g/mol. The van der Waals surface area contributed by atoms with Crippen LogP contribution in [0.25, 0.3) is 0 Å². The molecular weight excluding hydrogens is 363 g/mol. The fourth-order valence-electron chi connectivity index (χ4n) is 2.22. The van der Waals surface area contributed by atoms with Crippen LogP contribution >= 0.6 is 23.2 Å². The molecule has 0 bridgehead atoms. The number of nitrogens with one attached hydrogen (secondary N) is 2. The molecule has 2 rings (SSSR count). The van der Waals surface area contributed by atoms with Gasteiger partial charge in [0.1, 0.15) is 5.75 Å². The van der Waals surface area contributed by atoms with E-state index in [1.54, 1.807) is 18.2 Å². The first kappa shape index (κ1) is 19.1. The molecule has 0 unspecified atom stereocenters. The summed E-state index contributed by atoms with van der Waals surface area (Å²) in [5, 5.41) is 0.887. The van der Waals surface area contributed by atoms with E-state index in [1.807, 2.05) is 32.0 Å². The van der Waals surface area contributed by atoms with Gasteiger partial charge in [-0.05, 0) is 54.8 Å². The first-order chi connectivity index (χ1) is 11.8. The molecule has 0 atom stereocenters. The lowest BCUT2D eigenvalue weighted by atomic mass is 10.1. The van der Waals surface area contributed by atoms with Gasteiger partial charge in [-0.25, -0.2) is 0 Å². The Balaban J connectivity index is 1.78. The summed E-state index contributed by atoms with van der Waals surface area (Å²) in [7, 11) is 0. The first-order valence-electron chi connectivity index (χ1n) is 7.56. The summed E-state index contributed by atoms with van der Waals surface area (Å²) in [4.78, 5) is 23.6. The highest BCUT2D eigenvalue weighted by Crippen LogP contribution is 2.21. The summed E-state index contributed by atoms with van der Waals surface area (Å²) >= 11 is 11.8. The van der Waals surface area contributed by atoms with Crippen LogP contribution in [0.1, 0.15) is 16.7 Å². The molecule has 0 aliphatic carbocycles. The van der Waals surface area contributed by atoms with Gasteiger partial charge < -0.3 is 4.74 Å². The molecule has 0 aliphatic heterocycles. The Kier molecular flexibility index (Phi) is 6.67. The predicted molar refractivity (Wildman–Crippen MR) is 97.9 cm³/mol. The zero-order chi connectivity index (χ0) is 18.4. The Morgan fingerprint density at radius 2 is 1.60 bits per heavy atom. The number of benzene rings is 2. The van der Waals surface area contributed by atoms with Crippen molar-refractivity contribution in [2.45, 2.75) is 20.3 Å². The van der Waals surface area contributed by atoms with E-state index < -0.39 is 11.8 Å². The number of rotatable bonds is 5. The van der Waals surface area contributed by atoms with Gasteiger partial charge in [-0.15, -0.1) is 0 Å². The van der Waals surface area contributed by atoms with E-state index in [1.165, 1.54) is 0 Å². The van der Waals surface area contributed by atoms with Crippen LogP contribution in [0.5, 0.6) is 5.75 Å². The molecule has 7 heteroatoms. The van der Waals surface area contributed by atoms with E-state index in [0.29, 0.717) is 21.4 Å². The molecule has 2 N–H and O–H groups in total. The third-order valence-corrected chi connectivity index (χ3v) is 3.86. The molecule has 2 aromatic carbocycles. The van der Waals surface area contributed by atoms with Gasteiger partial charge >= 0.3 is 0 Å². The topological polar surface area (TPSA) is 67.4 Å². The fourth-order valence-corrected chi connectivity index (χ4v) is 2.70. The number of ether oxygens (including phenoxy) is 1. The molecule has 0 fully saturated rings. The summed E-state index contributed by atoms with van der Waals surface area (Å²) in [6.45, 7) is 3.69. The number of hydrogen-bond acceptors (Lipinski definition) is 3. The normalized spacial score (nSPS) is 10.2. The minimum Gasteiger partial charge on any atom is -0.484 e. The molecule has 2 amide bonds. The number of carbonyl (C=O) groups excluding carboxylic acids is 2. The van der Waals surface area contributed by atoms with Crippen molar-refractivity contribution < 1.29 is 14.3 Å². The van der Waals surface area contributed by atoms with E-state index in [0.717, 1.165) is 11.1 Å². The average molecular weight is 381 g/mol. The number of aryl methyl sites for hydroxylation is 2. The van der Waals surface area contributed by atoms with E-state index in [-0.39, 0.29) is 13.0 Å². The quantitative estimate of drug-likeness (QED) is 0.781. The summed E-state index contributed by atoms with van der Waals surface area (Å²) in [5.74, 6) is -0.259. The van der Waals surface area contributed by atoms with Gasteiger partial charge in [0.15, 0.2) is 6.61 Å². The second-order valence-corrected chi connectivity index (χ2v) is 6.46. The molecule has 0 aliphatic rings. The highest BCUT2D eigenvalue weighted by molar-refractivity contribution is 6.35. The van der Waals surface area contributed by atoms with E-state index in [2.05, 4.69) is 10.9 Å². The smallest absolute Gasteiger partial charge is 0.276 e. The van der Waals surface area contributed by atoms with Gasteiger partial charge in [-0.1, -0.05) is 35.3 Å². The van der Waals surface area contributed by atoms with Crippen LogP contribution in [0.4, 0.5) is 0 Å². The Morgan fingerprint density at radius 3 is 2.24 bits per heavy atom. The van der Waals surface area contributed by atoms with Crippen LogP contribution in [-0.4, -0.2) is 18.4 Å². The minimum atomic E-state index is -0.463. The van der Waals surface area contributed by atoms with Gasteiger partial charge in [-0.2, -0.15) is 0 Å². The number of carbonyl (C=O) groups is 2. The van der Waals surface area contributed by atoms with Crippen LogP contribution in [0.15, 0.2) is 36.4 Å². The Morgan fingerprint density at radius 1 is 0.960 bits per heavy atom. The van der Waals surface area contributed by atoms with Crippen LogP contribution < -0.4 is 15.6 Å². The van der Waals surface area contributed by atoms with Crippen molar-refractivity contribution in [1.29, 1.82) is 0 Å². The van der Waals surface area contributed by atoms with Crippen molar-refractivity contribution in [3.8, 4) is 5.75 Å². The minimum absolute atomic E-state index is 0.0220. The van der Waals surface area contributed by atoms with Crippen molar-refractivity contribution in [1.82, 2.24) is 10.9 Å². The van der Waals surface area contributed by atoms with Crippen molar-refractivity contribution in [2.75, 3.05) is 6.61 Å². The standard InChI is InChI=1S/C18H18Cl2N2O3/c1-11-5-12(2)7-15(6-11)25-10-18(24)22-21-17(23)8-13-3-4-14(19)9-16(13)20/h3-7,9H,8,10H2,1-2H3,(H,21,23)(H,22,24). The van der Waals surface area contributed by atoms with Gasteiger partial charge in [-0.3, -0.25) is 20.4 Å². The molecule has 0 aromatic heterocycles. The third kappa shape index (κ3) is 6.29. The molecular formula is C18H18Cl2N2O3. The van der Waals surface area contributed by atoms with Crippen LogP contribution in [0, 0.1) is 13.8 Å². The number of amides is 2. The second-order valence-electron chi connectivity index (χ2n) is 5.62. The van der Waals surface area contributed by atoms with Gasteiger partial charge in [0.2, 0.25) is 5.91 Å². The van der Waals surface area contributed by atoms with Gasteiger partial charge in [0.25, 0.3) is 5.91 Å². The zero-order valence-corrected chi connectivity index (χ0v) is 15.4. The van der Waals surface area contributed by atoms with Crippen molar-refractivity contribution in [2.24, 2.45) is 0 Å². The SMILES string of the molecule is Cc1cc(C)cc(OCC(=O)NNC(=O)Cc2ccc(Cl)cc2Cl)c1. The van der Waals surface area contributed by atoms with Crippen LogP contribution in [0.3, 0.4) is 0 Å². The molecule has 5 nitrogen and oxygen atoms in total. The summed E-state index contributed by atoms with van der Waals surface area (Å²) in [6.07, 6.45) is 0.0220. The lowest BCUT2D eigenvalue weighted by Gasteiger charge is -2.10. The molecule has 0 spiro atoms. The Bertz CT molecular complexity index is 774. The Hall–Kier alpha value is -2.24. The molecule has 0 saturated heterocycles. The number of halogens is 2. The van der Waals surface area contributed by atoms with Crippen molar-refractivity contribution in [3.05, 3.63) is 63.1 Å². The molecule has 132 valence electrons. The maximum Gasteiger partial charge on any atom is 0.276 e. The summed E-state index contributed by atoms with van der Waals surface area (Å²) in [5.41, 5.74) is 7.33. The fraction of sp³-hybridized carbons (Fsp3) is 0.222. The van der Waals surface area contributed by atoms with Crippen molar-refractivity contribution in [3.63, 3.8) is 0 Å². The van der Waals surface area contributed by atoms with Crippen molar-refractivity contribution >= 4 is 35.0 Å². The number of hydrogen-bond donors (Lipinski definition) is 2.